The van der Waals surface area contributed by atoms with E-state index in [1.807, 2.05) is 0 Å². The van der Waals surface area contributed by atoms with Crippen molar-refractivity contribution in [2.75, 3.05) is 6.61 Å². The third-order valence-corrected chi connectivity index (χ3v) is 7.77. The van der Waals surface area contributed by atoms with E-state index in [4.69, 9.17) is 33.7 Å². The topological polar surface area (TPSA) is 164 Å². The van der Waals surface area contributed by atoms with Crippen molar-refractivity contribution in [3.8, 4) is 16.9 Å². The largest absolute Gasteiger partial charge is 0.507 e. The highest BCUT2D eigenvalue weighted by Gasteiger charge is 2.31. The molecule has 0 heterocycles. The van der Waals surface area contributed by atoms with Gasteiger partial charge in [0, 0.05) is 21.2 Å². The minimum Gasteiger partial charge on any atom is -0.507 e. The fourth-order valence-electron chi connectivity index (χ4n) is 4.59. The van der Waals surface area contributed by atoms with Gasteiger partial charge in [-0.2, -0.15) is 0 Å². The number of hydrogen-bond donors (Lipinski definition) is 4. The Kier molecular flexibility index (Phi) is 8.48. The Morgan fingerprint density at radius 1 is 0.925 bits per heavy atom. The molecule has 0 spiro atoms. The number of esters is 1. The van der Waals surface area contributed by atoms with E-state index < -0.39 is 52.2 Å². The number of benzene rings is 3. The molecule has 0 amide bonds. The highest BCUT2D eigenvalue weighted by Crippen LogP contribution is 2.36. The van der Waals surface area contributed by atoms with Crippen LogP contribution in [0.2, 0.25) is 10.0 Å². The zero-order valence-electron chi connectivity index (χ0n) is 21.2. The van der Waals surface area contributed by atoms with Gasteiger partial charge in [0.05, 0.1) is 23.8 Å². The summed E-state index contributed by atoms with van der Waals surface area (Å²) in [7, 11) is 0. The summed E-state index contributed by atoms with van der Waals surface area (Å²) in [6.07, 6.45) is 1.98. The van der Waals surface area contributed by atoms with Crippen LogP contribution in [0.25, 0.3) is 11.1 Å². The Hall–Kier alpha value is -3.92. The molecular formula is C29H25Cl2NO8. The first-order valence-electron chi connectivity index (χ1n) is 12.3. The number of carbonyl (C=O) groups is 4. The van der Waals surface area contributed by atoms with Gasteiger partial charge in [0.1, 0.15) is 11.3 Å². The monoisotopic (exact) mass is 585 g/mol. The Balaban J connectivity index is 1.79. The molecule has 1 fully saturated rings. The Morgan fingerprint density at radius 2 is 1.62 bits per heavy atom. The van der Waals surface area contributed by atoms with Crippen molar-refractivity contribution in [2.45, 2.75) is 25.8 Å². The molecule has 1 aliphatic rings. The molecule has 0 aromatic heterocycles. The number of nitrogens with two attached hydrogens (primary N) is 1. The number of aromatic carboxylic acids is 2. The van der Waals surface area contributed by atoms with Gasteiger partial charge in [-0.15, -0.1) is 0 Å². The van der Waals surface area contributed by atoms with E-state index in [-0.39, 0.29) is 23.7 Å². The predicted octanol–water partition coefficient (Wildman–Crippen LogP) is 5.85. The first-order chi connectivity index (χ1) is 18.9. The van der Waals surface area contributed by atoms with Crippen molar-refractivity contribution in [3.05, 3.63) is 86.4 Å². The summed E-state index contributed by atoms with van der Waals surface area (Å²) >= 11 is 12.4. The predicted molar refractivity (Wildman–Crippen MR) is 147 cm³/mol. The lowest BCUT2D eigenvalue weighted by atomic mass is 9.75. The van der Waals surface area contributed by atoms with Gasteiger partial charge in [0.15, 0.2) is 5.78 Å². The molecule has 1 aliphatic carbocycles. The number of rotatable bonds is 9. The van der Waals surface area contributed by atoms with Crippen LogP contribution in [0, 0.1) is 11.8 Å². The Morgan fingerprint density at radius 3 is 2.20 bits per heavy atom. The molecule has 0 bridgehead atoms. The third-order valence-electron chi connectivity index (χ3n) is 7.22. The van der Waals surface area contributed by atoms with Gasteiger partial charge in [0.2, 0.25) is 0 Å². The zero-order chi connectivity index (χ0) is 29.3. The van der Waals surface area contributed by atoms with Crippen LogP contribution < -0.4 is 5.73 Å². The first kappa shape index (κ1) is 29.1. The Labute approximate surface area is 239 Å². The summed E-state index contributed by atoms with van der Waals surface area (Å²) in [4.78, 5) is 50.0. The molecule has 11 heteroatoms. The van der Waals surface area contributed by atoms with Crippen molar-refractivity contribution in [1.82, 2.24) is 0 Å². The number of carboxylic acid groups (broad SMARTS) is 2. The van der Waals surface area contributed by atoms with Crippen LogP contribution in [0.1, 0.15) is 72.8 Å². The molecular weight excluding hydrogens is 561 g/mol. The average Bonchev–Trinajstić information content (AvgIpc) is 2.90. The average molecular weight is 586 g/mol. The molecule has 0 radical (unpaired) electrons. The van der Waals surface area contributed by atoms with E-state index in [1.165, 1.54) is 18.2 Å². The van der Waals surface area contributed by atoms with Crippen molar-refractivity contribution in [3.63, 3.8) is 0 Å². The molecule has 5 N–H and O–H groups in total. The van der Waals surface area contributed by atoms with Crippen LogP contribution in [0.5, 0.6) is 5.75 Å². The van der Waals surface area contributed by atoms with Gasteiger partial charge >= 0.3 is 17.9 Å². The summed E-state index contributed by atoms with van der Waals surface area (Å²) < 4.78 is 5.54. The van der Waals surface area contributed by atoms with Gasteiger partial charge in [-0.05, 0) is 72.2 Å². The van der Waals surface area contributed by atoms with Crippen molar-refractivity contribution >= 4 is 46.9 Å². The van der Waals surface area contributed by atoms with E-state index in [0.717, 1.165) is 18.9 Å². The number of hydrogen-bond acceptors (Lipinski definition) is 7. The summed E-state index contributed by atoms with van der Waals surface area (Å²) in [6, 6.07) is 9.14. The fraction of sp³-hybridized carbons (Fsp3) is 0.241. The quantitative estimate of drug-likeness (QED) is 0.178. The summed E-state index contributed by atoms with van der Waals surface area (Å²) in [5.41, 5.74) is 5.49. The molecule has 208 valence electrons. The van der Waals surface area contributed by atoms with Crippen molar-refractivity contribution in [1.29, 1.82) is 0 Å². The number of carbonyl (C=O) groups excluding carboxylic acids is 2. The maximum absolute atomic E-state index is 13.6. The van der Waals surface area contributed by atoms with Crippen molar-refractivity contribution in [2.24, 2.45) is 17.6 Å². The molecule has 0 saturated heterocycles. The molecule has 3 unspecified atom stereocenters. The molecule has 4 rings (SSSR count). The van der Waals surface area contributed by atoms with Gasteiger partial charge < -0.3 is 25.8 Å². The van der Waals surface area contributed by atoms with E-state index in [1.54, 1.807) is 18.2 Å². The standard InChI is InChI=1S/C29H25Cl2NO8/c1-13-2-3-15(13)12-40-29(39)18-6-4-14(17-7-5-16(30)9-23(17)31)8-19(18)25(32)26(34)20-11-24(33)22(28(37)38)10-21(20)27(35)36/h4-11,13,15,25,33H,2-3,12,32H2,1H3,(H,35,36)(H,37,38). The van der Waals surface area contributed by atoms with Gasteiger partial charge in [-0.25, -0.2) is 14.4 Å². The van der Waals surface area contributed by atoms with E-state index in [9.17, 15) is 34.5 Å². The van der Waals surface area contributed by atoms with Crippen LogP contribution in [-0.4, -0.2) is 45.6 Å². The maximum atomic E-state index is 13.6. The Bertz CT molecular complexity index is 1540. The number of ketones is 1. The number of carboxylic acids is 2. The lowest BCUT2D eigenvalue weighted by Gasteiger charge is -2.33. The molecule has 0 aliphatic heterocycles. The second-order valence-electron chi connectivity index (χ2n) is 9.71. The van der Waals surface area contributed by atoms with Gasteiger partial charge in [0.25, 0.3) is 0 Å². The second kappa shape index (κ2) is 11.7. The molecule has 9 nitrogen and oxygen atoms in total. The van der Waals surface area contributed by atoms with Crippen LogP contribution in [0.3, 0.4) is 0 Å². The maximum Gasteiger partial charge on any atom is 0.339 e. The van der Waals surface area contributed by atoms with Crippen LogP contribution in [0.4, 0.5) is 0 Å². The molecule has 3 atom stereocenters. The minimum absolute atomic E-state index is 0.00934. The molecule has 3 aromatic rings. The van der Waals surface area contributed by atoms with Crippen LogP contribution in [0.15, 0.2) is 48.5 Å². The third kappa shape index (κ3) is 5.82. The number of aromatic hydroxyl groups is 1. The highest BCUT2D eigenvalue weighted by atomic mass is 35.5. The molecule has 3 aromatic carbocycles. The number of halogens is 2. The van der Waals surface area contributed by atoms with Gasteiger partial charge in [-0.1, -0.05) is 42.3 Å². The first-order valence-corrected chi connectivity index (χ1v) is 13.0. The molecule has 40 heavy (non-hydrogen) atoms. The van der Waals surface area contributed by atoms with Crippen LogP contribution in [-0.2, 0) is 4.74 Å². The van der Waals surface area contributed by atoms with Crippen molar-refractivity contribution < 1.29 is 39.2 Å². The van der Waals surface area contributed by atoms with E-state index in [2.05, 4.69) is 6.92 Å². The van der Waals surface area contributed by atoms with Crippen LogP contribution >= 0.6 is 23.2 Å². The van der Waals surface area contributed by atoms with Gasteiger partial charge in [-0.3, -0.25) is 4.79 Å². The second-order valence-corrected chi connectivity index (χ2v) is 10.6. The summed E-state index contributed by atoms with van der Waals surface area (Å²) in [6.45, 7) is 2.26. The number of phenols is 1. The van der Waals surface area contributed by atoms with E-state index in [0.29, 0.717) is 33.2 Å². The normalized spacial score (nSPS) is 17.0. The summed E-state index contributed by atoms with van der Waals surface area (Å²) in [5.74, 6) is -5.04. The molecule has 1 saturated carbocycles. The number of ether oxygens (including phenoxy) is 1. The lowest BCUT2D eigenvalue weighted by molar-refractivity contribution is 0.0264. The highest BCUT2D eigenvalue weighted by molar-refractivity contribution is 6.36. The fourth-order valence-corrected chi connectivity index (χ4v) is 5.11. The smallest absolute Gasteiger partial charge is 0.339 e. The SMILES string of the molecule is CC1CCC1COC(=O)c1ccc(-c2ccc(Cl)cc2Cl)cc1C(N)C(=O)c1cc(O)c(C(=O)O)cc1C(=O)O. The van der Waals surface area contributed by atoms with E-state index >= 15 is 0 Å². The minimum atomic E-state index is -1.60. The number of Topliss-reactive ketones (excluding diaryl/α,β-unsaturated/α-hetero) is 1. The summed E-state index contributed by atoms with van der Waals surface area (Å²) in [5, 5.41) is 29.8. The lowest BCUT2D eigenvalue weighted by Crippen LogP contribution is -2.30. The zero-order valence-corrected chi connectivity index (χ0v) is 22.7.